The molecular weight excluding hydrogens is 172 g/mol. The van der Waals surface area contributed by atoms with Gasteiger partial charge in [-0.25, -0.2) is 0 Å². The highest BCUT2D eigenvalue weighted by atomic mass is 14.9. The van der Waals surface area contributed by atoms with Crippen molar-refractivity contribution >= 4 is 0 Å². The average Bonchev–Trinajstić information content (AvgIpc) is 2.22. The topological polar surface area (TPSA) is 35.8 Å². The maximum absolute atomic E-state index is 8.50. The largest absolute Gasteiger partial charge is 0.314 e. The Balaban J connectivity index is 0.000000791. The van der Waals surface area contributed by atoms with E-state index in [1.54, 1.807) is 0 Å². The molecule has 0 saturated carbocycles. The van der Waals surface area contributed by atoms with Crippen LogP contribution in [0.2, 0.25) is 0 Å². The molecule has 0 amide bonds. The molecule has 1 fully saturated rings. The lowest BCUT2D eigenvalue weighted by Gasteiger charge is -2.25. The van der Waals surface area contributed by atoms with E-state index in [0.29, 0.717) is 18.4 Å². The van der Waals surface area contributed by atoms with Crippen LogP contribution in [-0.4, -0.2) is 12.6 Å². The van der Waals surface area contributed by atoms with Crippen molar-refractivity contribution in [1.29, 1.82) is 5.26 Å². The van der Waals surface area contributed by atoms with E-state index < -0.39 is 0 Å². The fraction of sp³-hybridized carbons (Fsp3) is 0.917. The van der Waals surface area contributed by atoms with Crippen molar-refractivity contribution in [3.05, 3.63) is 0 Å². The molecule has 2 unspecified atom stereocenters. The highest BCUT2D eigenvalue weighted by molar-refractivity contribution is 4.79. The van der Waals surface area contributed by atoms with Crippen molar-refractivity contribution in [1.82, 2.24) is 5.32 Å². The van der Waals surface area contributed by atoms with Gasteiger partial charge in [0.2, 0.25) is 0 Å². The van der Waals surface area contributed by atoms with E-state index in [9.17, 15) is 0 Å². The Hall–Kier alpha value is -0.550. The first kappa shape index (κ1) is 13.4. The van der Waals surface area contributed by atoms with Crippen LogP contribution in [0, 0.1) is 17.2 Å². The summed E-state index contributed by atoms with van der Waals surface area (Å²) in [6.07, 6.45) is 5.86. The van der Waals surface area contributed by atoms with E-state index in [2.05, 4.69) is 18.3 Å². The van der Waals surface area contributed by atoms with Crippen molar-refractivity contribution in [2.24, 2.45) is 5.92 Å². The number of hydrogen-bond acceptors (Lipinski definition) is 2. The van der Waals surface area contributed by atoms with Gasteiger partial charge >= 0.3 is 0 Å². The van der Waals surface area contributed by atoms with Gasteiger partial charge in [0.15, 0.2) is 0 Å². The molecule has 0 radical (unpaired) electrons. The molecule has 14 heavy (non-hydrogen) atoms. The summed E-state index contributed by atoms with van der Waals surface area (Å²) in [4.78, 5) is 0. The summed E-state index contributed by atoms with van der Waals surface area (Å²) < 4.78 is 0. The van der Waals surface area contributed by atoms with Gasteiger partial charge in [0.05, 0.1) is 6.07 Å². The summed E-state index contributed by atoms with van der Waals surface area (Å²) in [5, 5.41) is 12.0. The molecule has 0 aliphatic carbocycles. The second-order valence-corrected chi connectivity index (χ2v) is 3.85. The highest BCUT2D eigenvalue weighted by Gasteiger charge is 2.15. The number of rotatable bonds is 3. The van der Waals surface area contributed by atoms with Crippen LogP contribution in [0.4, 0.5) is 0 Å². The fourth-order valence-corrected chi connectivity index (χ4v) is 1.85. The smallest absolute Gasteiger partial charge is 0.0624 e. The van der Waals surface area contributed by atoms with E-state index in [0.717, 1.165) is 0 Å². The van der Waals surface area contributed by atoms with E-state index in [4.69, 9.17) is 5.26 Å². The van der Waals surface area contributed by atoms with Gasteiger partial charge in [-0.1, -0.05) is 27.2 Å². The van der Waals surface area contributed by atoms with Crippen LogP contribution in [0.15, 0.2) is 0 Å². The van der Waals surface area contributed by atoms with Gasteiger partial charge in [-0.15, -0.1) is 0 Å². The van der Waals surface area contributed by atoms with Crippen molar-refractivity contribution < 1.29 is 0 Å². The fourth-order valence-electron chi connectivity index (χ4n) is 1.85. The molecule has 1 aliphatic heterocycles. The Morgan fingerprint density at radius 1 is 1.43 bits per heavy atom. The molecule has 0 aromatic carbocycles. The zero-order chi connectivity index (χ0) is 10.8. The van der Waals surface area contributed by atoms with Crippen LogP contribution in [0.1, 0.15) is 52.9 Å². The summed E-state index contributed by atoms with van der Waals surface area (Å²) in [7, 11) is 0. The van der Waals surface area contributed by atoms with E-state index in [-0.39, 0.29) is 0 Å². The van der Waals surface area contributed by atoms with Gasteiger partial charge < -0.3 is 5.32 Å². The van der Waals surface area contributed by atoms with Gasteiger partial charge in [-0.3, -0.25) is 0 Å². The minimum Gasteiger partial charge on any atom is -0.314 e. The minimum atomic E-state index is 0.561. The lowest BCUT2D eigenvalue weighted by Crippen LogP contribution is -2.35. The number of hydrogen-bond donors (Lipinski definition) is 1. The molecule has 1 rings (SSSR count). The third-order valence-corrected chi connectivity index (χ3v) is 2.54. The summed E-state index contributed by atoms with van der Waals surface area (Å²) in [5.74, 6) is 0.561. The predicted octanol–water partition coefficient (Wildman–Crippen LogP) is 3.09. The molecule has 0 aromatic rings. The third kappa shape index (κ3) is 5.99. The van der Waals surface area contributed by atoms with Gasteiger partial charge in [-0.05, 0) is 31.7 Å². The molecule has 0 aromatic heterocycles. The van der Waals surface area contributed by atoms with Crippen molar-refractivity contribution in [2.45, 2.75) is 58.9 Å². The molecule has 82 valence electrons. The molecule has 1 heterocycles. The number of piperidine rings is 1. The van der Waals surface area contributed by atoms with E-state index in [1.807, 2.05) is 13.8 Å². The van der Waals surface area contributed by atoms with Gasteiger partial charge in [0.25, 0.3) is 0 Å². The first-order chi connectivity index (χ1) is 6.83. The summed E-state index contributed by atoms with van der Waals surface area (Å²) in [6, 6.07) is 2.91. The Morgan fingerprint density at radius 3 is 2.64 bits per heavy atom. The zero-order valence-corrected chi connectivity index (χ0v) is 9.84. The van der Waals surface area contributed by atoms with Crippen LogP contribution in [0.25, 0.3) is 0 Å². The molecule has 2 atom stereocenters. The van der Waals surface area contributed by atoms with Gasteiger partial charge in [0, 0.05) is 12.5 Å². The molecule has 2 heteroatoms. The van der Waals surface area contributed by atoms with Crippen LogP contribution in [-0.2, 0) is 0 Å². The monoisotopic (exact) mass is 196 g/mol. The van der Waals surface area contributed by atoms with Gasteiger partial charge in [0.1, 0.15) is 0 Å². The maximum atomic E-state index is 8.50. The molecular formula is C12H24N2. The molecule has 1 N–H and O–H groups in total. The number of nitrogens with one attached hydrogen (secondary N) is 1. The highest BCUT2D eigenvalue weighted by Crippen LogP contribution is 2.16. The molecule has 0 bridgehead atoms. The van der Waals surface area contributed by atoms with Crippen molar-refractivity contribution in [3.8, 4) is 6.07 Å². The number of nitrogens with zero attached hydrogens (tertiary/aromatic N) is 1. The first-order valence-electron chi connectivity index (χ1n) is 5.93. The summed E-state index contributed by atoms with van der Waals surface area (Å²) in [6.45, 7) is 7.34. The summed E-state index contributed by atoms with van der Waals surface area (Å²) >= 11 is 0. The third-order valence-electron chi connectivity index (χ3n) is 2.54. The predicted molar refractivity (Wildman–Crippen MR) is 61.0 cm³/mol. The Morgan fingerprint density at radius 2 is 2.14 bits per heavy atom. The first-order valence-corrected chi connectivity index (χ1v) is 5.93. The van der Waals surface area contributed by atoms with Crippen molar-refractivity contribution in [3.63, 3.8) is 0 Å². The SMILES string of the molecule is CC.CC(CC#N)CC1CCCCN1. The van der Waals surface area contributed by atoms with Crippen molar-refractivity contribution in [2.75, 3.05) is 6.54 Å². The second-order valence-electron chi connectivity index (χ2n) is 3.85. The van der Waals surface area contributed by atoms with E-state index in [1.165, 1.54) is 32.2 Å². The van der Waals surface area contributed by atoms with Crippen LogP contribution >= 0.6 is 0 Å². The molecule has 0 spiro atoms. The zero-order valence-electron chi connectivity index (χ0n) is 9.84. The van der Waals surface area contributed by atoms with Crippen LogP contribution in [0.5, 0.6) is 0 Å². The summed E-state index contributed by atoms with van der Waals surface area (Å²) in [5.41, 5.74) is 0. The Labute approximate surface area is 88.7 Å². The lowest BCUT2D eigenvalue weighted by atomic mass is 9.93. The molecule has 1 saturated heterocycles. The number of nitriles is 1. The lowest BCUT2D eigenvalue weighted by molar-refractivity contribution is 0.339. The maximum Gasteiger partial charge on any atom is 0.0624 e. The molecule has 2 nitrogen and oxygen atoms in total. The second kappa shape index (κ2) is 9.02. The molecule has 1 aliphatic rings. The average molecular weight is 196 g/mol. The standard InChI is InChI=1S/C10H18N2.C2H6/c1-9(5-6-11)8-10-4-2-3-7-12-10;1-2/h9-10,12H,2-5,7-8H2,1H3;1-2H3. The van der Waals surface area contributed by atoms with Crippen LogP contribution in [0.3, 0.4) is 0 Å². The van der Waals surface area contributed by atoms with Gasteiger partial charge in [-0.2, -0.15) is 5.26 Å². The van der Waals surface area contributed by atoms with E-state index >= 15 is 0 Å². The normalized spacial score (nSPS) is 22.9. The van der Waals surface area contributed by atoms with Crippen LogP contribution < -0.4 is 5.32 Å². The quantitative estimate of drug-likeness (QED) is 0.753. The minimum absolute atomic E-state index is 0.561. The Kier molecular flexibility index (Phi) is 8.67. The Bertz CT molecular complexity index is 154.